The first-order chi connectivity index (χ1) is 14.9. The van der Waals surface area contributed by atoms with Gasteiger partial charge in [0.1, 0.15) is 10.7 Å². The van der Waals surface area contributed by atoms with E-state index in [2.05, 4.69) is 51.7 Å². The molecule has 0 aliphatic heterocycles. The Balaban J connectivity index is 1.52. The number of aromatic nitrogens is 4. The van der Waals surface area contributed by atoms with Crippen LogP contribution in [0.15, 0.2) is 34.3 Å². The van der Waals surface area contributed by atoms with E-state index in [1.54, 1.807) is 25.6 Å². The van der Waals surface area contributed by atoms with Crippen LogP contribution in [0.4, 0.5) is 5.13 Å². The van der Waals surface area contributed by atoms with E-state index in [-0.39, 0.29) is 18.3 Å². The van der Waals surface area contributed by atoms with Gasteiger partial charge in [-0.15, -0.1) is 22.0 Å². The minimum atomic E-state index is -0.428. The van der Waals surface area contributed by atoms with Crippen LogP contribution in [0.3, 0.4) is 0 Å². The van der Waals surface area contributed by atoms with Gasteiger partial charge in [0.2, 0.25) is 5.91 Å². The summed E-state index contributed by atoms with van der Waals surface area (Å²) >= 11 is 4.09. The third-order valence-corrected chi connectivity index (χ3v) is 7.23. The lowest BCUT2D eigenvalue weighted by Crippen LogP contribution is -2.14. The number of amides is 1. The SMILES string of the molecule is CCOC(=O)c1sc(NC(=O)CSc2nnc(CSc3ccc(C)cc3)n2C)nc1C. The molecule has 11 heteroatoms. The Morgan fingerprint density at radius 3 is 2.61 bits per heavy atom. The highest BCUT2D eigenvalue weighted by Gasteiger charge is 2.18. The number of carbonyl (C=O) groups excluding carboxylic acids is 2. The van der Waals surface area contributed by atoms with Gasteiger partial charge in [0.15, 0.2) is 10.3 Å². The van der Waals surface area contributed by atoms with Gasteiger partial charge in [-0.3, -0.25) is 4.79 Å². The van der Waals surface area contributed by atoms with E-state index in [1.807, 2.05) is 11.6 Å². The summed E-state index contributed by atoms with van der Waals surface area (Å²) in [5, 5.41) is 12.2. The second kappa shape index (κ2) is 10.8. The summed E-state index contributed by atoms with van der Waals surface area (Å²) in [6, 6.07) is 8.34. The van der Waals surface area contributed by atoms with Crippen LogP contribution in [0.2, 0.25) is 0 Å². The van der Waals surface area contributed by atoms with Gasteiger partial charge in [-0.2, -0.15) is 0 Å². The third kappa shape index (κ3) is 6.31. The number of aryl methyl sites for hydroxylation is 2. The van der Waals surface area contributed by atoms with Crippen molar-refractivity contribution in [2.24, 2.45) is 7.05 Å². The lowest BCUT2D eigenvalue weighted by Gasteiger charge is -2.04. The highest BCUT2D eigenvalue weighted by atomic mass is 32.2. The summed E-state index contributed by atoms with van der Waals surface area (Å²) in [6.45, 7) is 5.81. The van der Waals surface area contributed by atoms with Crippen molar-refractivity contribution in [3.63, 3.8) is 0 Å². The molecule has 0 saturated heterocycles. The minimum Gasteiger partial charge on any atom is -0.462 e. The van der Waals surface area contributed by atoms with Crippen molar-refractivity contribution in [1.29, 1.82) is 0 Å². The van der Waals surface area contributed by atoms with E-state index in [4.69, 9.17) is 4.74 Å². The van der Waals surface area contributed by atoms with Crippen LogP contribution in [0.5, 0.6) is 0 Å². The molecule has 2 heterocycles. The Morgan fingerprint density at radius 1 is 1.16 bits per heavy atom. The number of carbonyl (C=O) groups is 2. The molecule has 2 aromatic heterocycles. The Hall–Kier alpha value is -2.37. The summed E-state index contributed by atoms with van der Waals surface area (Å²) in [4.78, 5) is 30.0. The highest BCUT2D eigenvalue weighted by Crippen LogP contribution is 2.26. The van der Waals surface area contributed by atoms with Crippen molar-refractivity contribution in [2.45, 2.75) is 36.6 Å². The van der Waals surface area contributed by atoms with Crippen molar-refractivity contribution >= 4 is 51.9 Å². The maximum atomic E-state index is 12.3. The zero-order chi connectivity index (χ0) is 22.4. The van der Waals surface area contributed by atoms with Gasteiger partial charge in [-0.1, -0.05) is 40.8 Å². The number of hydrogen-bond acceptors (Lipinski definition) is 9. The molecule has 0 bridgehead atoms. The first kappa shape index (κ1) is 23.3. The van der Waals surface area contributed by atoms with Gasteiger partial charge in [0.05, 0.1) is 23.8 Å². The topological polar surface area (TPSA) is 99.0 Å². The minimum absolute atomic E-state index is 0.157. The number of rotatable bonds is 9. The number of nitrogens with zero attached hydrogens (tertiary/aromatic N) is 4. The molecule has 31 heavy (non-hydrogen) atoms. The first-order valence-corrected chi connectivity index (χ1v) is 12.3. The fraction of sp³-hybridized carbons (Fsp3) is 0.350. The second-order valence-electron chi connectivity index (χ2n) is 6.55. The molecular formula is C20H23N5O3S3. The molecule has 1 amide bonds. The average Bonchev–Trinajstić information content (AvgIpc) is 3.28. The quantitative estimate of drug-likeness (QED) is 0.363. The van der Waals surface area contributed by atoms with Gasteiger partial charge >= 0.3 is 5.97 Å². The van der Waals surface area contributed by atoms with Crippen LogP contribution in [-0.4, -0.2) is 44.0 Å². The standard InChI is InChI=1S/C20H23N5O3S3/c1-5-28-18(27)17-13(3)21-19(31-17)22-16(26)11-30-20-24-23-15(25(20)4)10-29-14-8-6-12(2)7-9-14/h6-9H,5,10-11H2,1-4H3,(H,21,22,26). The number of benzene rings is 1. The molecule has 0 spiro atoms. The van der Waals surface area contributed by atoms with E-state index in [0.29, 0.717) is 26.6 Å². The number of thiazole rings is 1. The van der Waals surface area contributed by atoms with Gasteiger partial charge in [-0.05, 0) is 32.9 Å². The van der Waals surface area contributed by atoms with Crippen LogP contribution in [0.1, 0.15) is 33.7 Å². The lowest BCUT2D eigenvalue weighted by atomic mass is 10.2. The maximum absolute atomic E-state index is 12.3. The molecule has 0 atom stereocenters. The van der Waals surface area contributed by atoms with E-state index in [0.717, 1.165) is 17.2 Å². The highest BCUT2D eigenvalue weighted by molar-refractivity contribution is 7.99. The molecule has 0 unspecified atom stereocenters. The average molecular weight is 478 g/mol. The number of hydrogen-bond donors (Lipinski definition) is 1. The van der Waals surface area contributed by atoms with Crippen molar-refractivity contribution in [1.82, 2.24) is 19.7 Å². The molecule has 164 valence electrons. The van der Waals surface area contributed by atoms with Crippen LogP contribution in [0, 0.1) is 13.8 Å². The Bertz CT molecular complexity index is 1060. The summed E-state index contributed by atoms with van der Waals surface area (Å²) < 4.78 is 6.89. The van der Waals surface area contributed by atoms with E-state index >= 15 is 0 Å². The third-order valence-electron chi connectivity index (χ3n) is 4.15. The van der Waals surface area contributed by atoms with Gasteiger partial charge in [-0.25, -0.2) is 9.78 Å². The maximum Gasteiger partial charge on any atom is 0.350 e. The Kier molecular flexibility index (Phi) is 8.10. The first-order valence-electron chi connectivity index (χ1n) is 9.52. The molecule has 0 radical (unpaired) electrons. The molecule has 3 aromatic rings. The Morgan fingerprint density at radius 2 is 1.90 bits per heavy atom. The number of anilines is 1. The molecule has 0 fully saturated rings. The summed E-state index contributed by atoms with van der Waals surface area (Å²) in [5.41, 5.74) is 1.76. The lowest BCUT2D eigenvalue weighted by molar-refractivity contribution is -0.113. The molecule has 8 nitrogen and oxygen atoms in total. The van der Waals surface area contributed by atoms with Crippen LogP contribution >= 0.6 is 34.9 Å². The molecular weight excluding hydrogens is 454 g/mol. The smallest absolute Gasteiger partial charge is 0.350 e. The van der Waals surface area contributed by atoms with Crippen molar-refractivity contribution in [3.8, 4) is 0 Å². The summed E-state index contributed by atoms with van der Waals surface area (Å²) in [7, 11) is 1.89. The number of esters is 1. The monoisotopic (exact) mass is 477 g/mol. The van der Waals surface area contributed by atoms with Crippen LogP contribution < -0.4 is 5.32 Å². The van der Waals surface area contributed by atoms with Crippen molar-refractivity contribution in [2.75, 3.05) is 17.7 Å². The van der Waals surface area contributed by atoms with Crippen LogP contribution in [0.25, 0.3) is 0 Å². The predicted molar refractivity (Wildman–Crippen MR) is 124 cm³/mol. The second-order valence-corrected chi connectivity index (χ2v) is 9.54. The largest absolute Gasteiger partial charge is 0.462 e. The predicted octanol–water partition coefficient (Wildman–Crippen LogP) is 4.09. The summed E-state index contributed by atoms with van der Waals surface area (Å²) in [6.07, 6.45) is 0. The summed E-state index contributed by atoms with van der Waals surface area (Å²) in [5.74, 6) is 1.03. The van der Waals surface area contributed by atoms with E-state index in [9.17, 15) is 9.59 Å². The molecule has 1 aromatic carbocycles. The number of thioether (sulfide) groups is 2. The van der Waals surface area contributed by atoms with Crippen molar-refractivity contribution in [3.05, 3.63) is 46.2 Å². The number of nitrogens with one attached hydrogen (secondary N) is 1. The van der Waals surface area contributed by atoms with E-state index < -0.39 is 5.97 Å². The molecule has 0 aliphatic carbocycles. The fourth-order valence-corrected chi connectivity index (χ4v) is 4.98. The van der Waals surface area contributed by atoms with Gasteiger partial charge < -0.3 is 14.6 Å². The zero-order valence-corrected chi connectivity index (χ0v) is 20.1. The van der Waals surface area contributed by atoms with Gasteiger partial charge in [0.25, 0.3) is 0 Å². The fourth-order valence-electron chi connectivity index (χ4n) is 2.50. The van der Waals surface area contributed by atoms with Gasteiger partial charge in [0, 0.05) is 11.9 Å². The van der Waals surface area contributed by atoms with Crippen molar-refractivity contribution < 1.29 is 14.3 Å². The molecule has 3 rings (SSSR count). The van der Waals surface area contributed by atoms with Crippen LogP contribution in [-0.2, 0) is 22.3 Å². The molecule has 0 saturated carbocycles. The Labute approximate surface area is 193 Å². The number of ether oxygens (including phenoxy) is 1. The normalized spacial score (nSPS) is 10.8. The molecule has 1 N–H and O–H groups in total. The zero-order valence-electron chi connectivity index (χ0n) is 17.7. The molecule has 0 aliphatic rings. The van der Waals surface area contributed by atoms with E-state index in [1.165, 1.54) is 22.2 Å².